The molecule has 1 aliphatic rings. The fourth-order valence-electron chi connectivity index (χ4n) is 2.25. The van der Waals surface area contributed by atoms with Crippen molar-refractivity contribution in [3.63, 3.8) is 0 Å². The number of aliphatic hydroxyl groups excluding tert-OH is 1. The van der Waals surface area contributed by atoms with Gasteiger partial charge in [-0.2, -0.15) is 0 Å². The standard InChI is InChI=1S/C14H14BrNOS/c1-9-12(14(8-17)6-7-14)18-13(16-9)10-4-2-3-5-11(10)15/h2-5,17H,6-8H2,1H3. The molecule has 1 fully saturated rings. The summed E-state index contributed by atoms with van der Waals surface area (Å²) >= 11 is 5.29. The van der Waals surface area contributed by atoms with E-state index in [1.807, 2.05) is 25.1 Å². The number of aryl methyl sites for hydroxylation is 1. The first-order valence-electron chi connectivity index (χ1n) is 6.00. The third kappa shape index (κ3) is 1.92. The Hall–Kier alpha value is -0.710. The number of halogens is 1. The molecule has 2 nitrogen and oxygen atoms in total. The zero-order valence-corrected chi connectivity index (χ0v) is 12.5. The molecule has 4 heteroatoms. The first-order chi connectivity index (χ1) is 8.66. The molecule has 0 spiro atoms. The lowest BCUT2D eigenvalue weighted by atomic mass is 10.1. The smallest absolute Gasteiger partial charge is 0.125 e. The summed E-state index contributed by atoms with van der Waals surface area (Å²) in [6.45, 7) is 2.29. The van der Waals surface area contributed by atoms with E-state index in [4.69, 9.17) is 0 Å². The van der Waals surface area contributed by atoms with Gasteiger partial charge in [-0.15, -0.1) is 11.3 Å². The monoisotopic (exact) mass is 323 g/mol. The van der Waals surface area contributed by atoms with Crippen LogP contribution in [0.15, 0.2) is 28.7 Å². The highest BCUT2D eigenvalue weighted by atomic mass is 79.9. The van der Waals surface area contributed by atoms with Gasteiger partial charge in [-0.3, -0.25) is 0 Å². The van der Waals surface area contributed by atoms with Gasteiger partial charge in [0, 0.05) is 20.3 Å². The highest BCUT2D eigenvalue weighted by molar-refractivity contribution is 9.10. The van der Waals surface area contributed by atoms with Crippen LogP contribution < -0.4 is 0 Å². The largest absolute Gasteiger partial charge is 0.395 e. The summed E-state index contributed by atoms with van der Waals surface area (Å²) in [6, 6.07) is 8.13. The predicted octanol–water partition coefficient (Wildman–Crippen LogP) is 3.90. The van der Waals surface area contributed by atoms with Gasteiger partial charge in [0.2, 0.25) is 0 Å². The molecule has 2 aromatic rings. The molecule has 1 aromatic carbocycles. The summed E-state index contributed by atoms with van der Waals surface area (Å²) in [6.07, 6.45) is 2.17. The molecule has 1 aromatic heterocycles. The van der Waals surface area contributed by atoms with E-state index < -0.39 is 0 Å². The van der Waals surface area contributed by atoms with E-state index in [0.717, 1.165) is 33.6 Å². The fraction of sp³-hybridized carbons (Fsp3) is 0.357. The number of nitrogens with zero attached hydrogens (tertiary/aromatic N) is 1. The van der Waals surface area contributed by atoms with Gasteiger partial charge in [0.15, 0.2) is 0 Å². The summed E-state index contributed by atoms with van der Waals surface area (Å²) in [4.78, 5) is 5.93. The molecule has 18 heavy (non-hydrogen) atoms. The van der Waals surface area contributed by atoms with E-state index in [1.165, 1.54) is 4.88 Å². The van der Waals surface area contributed by atoms with E-state index >= 15 is 0 Å². The molecule has 1 aliphatic carbocycles. The van der Waals surface area contributed by atoms with Crippen LogP contribution in [0.2, 0.25) is 0 Å². The second-order valence-electron chi connectivity index (χ2n) is 4.85. The Morgan fingerprint density at radius 2 is 2.11 bits per heavy atom. The van der Waals surface area contributed by atoms with Crippen molar-refractivity contribution in [2.24, 2.45) is 0 Å². The molecule has 0 radical (unpaired) electrons. The number of benzene rings is 1. The van der Waals surface area contributed by atoms with Crippen molar-refractivity contribution >= 4 is 27.3 Å². The SMILES string of the molecule is Cc1nc(-c2ccccc2Br)sc1C1(CO)CC1. The minimum absolute atomic E-state index is 0.0151. The van der Waals surface area contributed by atoms with E-state index in [9.17, 15) is 5.11 Å². The lowest BCUT2D eigenvalue weighted by molar-refractivity contribution is 0.256. The third-order valence-corrected chi connectivity index (χ3v) is 5.67. The quantitative estimate of drug-likeness (QED) is 0.929. The molecule has 0 aliphatic heterocycles. The summed E-state index contributed by atoms with van der Waals surface area (Å²) in [5, 5.41) is 10.6. The average molecular weight is 324 g/mol. The number of thiazole rings is 1. The minimum Gasteiger partial charge on any atom is -0.395 e. The fourth-order valence-corrected chi connectivity index (χ4v) is 4.19. The summed E-state index contributed by atoms with van der Waals surface area (Å²) < 4.78 is 1.07. The molecule has 0 bridgehead atoms. The molecular formula is C14H14BrNOS. The summed E-state index contributed by atoms with van der Waals surface area (Å²) in [5.74, 6) is 0. The molecule has 0 unspecified atom stereocenters. The maximum atomic E-state index is 9.54. The number of aliphatic hydroxyl groups is 1. The van der Waals surface area contributed by atoms with Gasteiger partial charge in [-0.05, 0) is 25.8 Å². The van der Waals surface area contributed by atoms with Crippen molar-refractivity contribution in [3.8, 4) is 10.6 Å². The van der Waals surface area contributed by atoms with E-state index in [2.05, 4.69) is 27.0 Å². The Kier molecular flexibility index (Phi) is 3.04. The first kappa shape index (κ1) is 12.3. The average Bonchev–Trinajstić information content (AvgIpc) is 3.07. The van der Waals surface area contributed by atoms with Crippen LogP contribution in [0.5, 0.6) is 0 Å². The maximum Gasteiger partial charge on any atom is 0.125 e. The van der Waals surface area contributed by atoms with Gasteiger partial charge >= 0.3 is 0 Å². The van der Waals surface area contributed by atoms with Gasteiger partial charge in [-0.1, -0.05) is 34.1 Å². The highest BCUT2D eigenvalue weighted by Gasteiger charge is 2.46. The maximum absolute atomic E-state index is 9.54. The van der Waals surface area contributed by atoms with Crippen LogP contribution in [0.25, 0.3) is 10.6 Å². The highest BCUT2D eigenvalue weighted by Crippen LogP contribution is 2.52. The predicted molar refractivity (Wildman–Crippen MR) is 78.0 cm³/mol. The normalized spacial score (nSPS) is 16.8. The van der Waals surface area contributed by atoms with Crippen molar-refractivity contribution in [1.29, 1.82) is 0 Å². The van der Waals surface area contributed by atoms with Crippen molar-refractivity contribution in [2.75, 3.05) is 6.61 Å². The van der Waals surface area contributed by atoms with Crippen LogP contribution in [-0.4, -0.2) is 16.7 Å². The molecule has 1 heterocycles. The van der Waals surface area contributed by atoms with Gasteiger partial charge in [0.25, 0.3) is 0 Å². The van der Waals surface area contributed by atoms with Crippen LogP contribution in [0.4, 0.5) is 0 Å². The Morgan fingerprint density at radius 1 is 1.39 bits per heavy atom. The van der Waals surface area contributed by atoms with E-state index in [0.29, 0.717) is 0 Å². The van der Waals surface area contributed by atoms with Crippen molar-refractivity contribution in [3.05, 3.63) is 39.3 Å². The lowest BCUT2D eigenvalue weighted by Gasteiger charge is -2.08. The van der Waals surface area contributed by atoms with Gasteiger partial charge < -0.3 is 5.11 Å². The van der Waals surface area contributed by atoms with Crippen LogP contribution in [-0.2, 0) is 5.41 Å². The third-order valence-electron chi connectivity index (χ3n) is 3.54. The number of aromatic nitrogens is 1. The molecule has 0 amide bonds. The lowest BCUT2D eigenvalue weighted by Crippen LogP contribution is -2.11. The van der Waals surface area contributed by atoms with Gasteiger partial charge in [-0.25, -0.2) is 4.98 Å². The van der Waals surface area contributed by atoms with Crippen molar-refractivity contribution < 1.29 is 5.11 Å². The Balaban J connectivity index is 2.06. The van der Waals surface area contributed by atoms with Crippen LogP contribution in [0.3, 0.4) is 0 Å². The zero-order valence-electron chi connectivity index (χ0n) is 10.1. The summed E-state index contributed by atoms with van der Waals surface area (Å²) in [7, 11) is 0. The molecule has 3 rings (SSSR count). The van der Waals surface area contributed by atoms with E-state index in [-0.39, 0.29) is 12.0 Å². The molecule has 1 saturated carbocycles. The number of hydrogen-bond acceptors (Lipinski definition) is 3. The van der Waals surface area contributed by atoms with Crippen LogP contribution >= 0.6 is 27.3 Å². The molecular weight excluding hydrogens is 310 g/mol. The second-order valence-corrected chi connectivity index (χ2v) is 6.71. The Morgan fingerprint density at radius 3 is 2.72 bits per heavy atom. The van der Waals surface area contributed by atoms with Crippen LogP contribution in [0, 0.1) is 6.92 Å². The first-order valence-corrected chi connectivity index (χ1v) is 7.61. The number of hydrogen-bond donors (Lipinski definition) is 1. The van der Waals surface area contributed by atoms with E-state index in [1.54, 1.807) is 11.3 Å². The van der Waals surface area contributed by atoms with Crippen molar-refractivity contribution in [2.45, 2.75) is 25.2 Å². The molecule has 0 saturated heterocycles. The van der Waals surface area contributed by atoms with Crippen molar-refractivity contribution in [1.82, 2.24) is 4.98 Å². The molecule has 1 N–H and O–H groups in total. The van der Waals surface area contributed by atoms with Crippen LogP contribution in [0.1, 0.15) is 23.4 Å². The van der Waals surface area contributed by atoms with Gasteiger partial charge in [0.05, 0.1) is 12.3 Å². The Labute approximate surface area is 119 Å². The topological polar surface area (TPSA) is 33.1 Å². The number of rotatable bonds is 3. The molecule has 0 atom stereocenters. The zero-order chi connectivity index (χ0) is 12.8. The minimum atomic E-state index is 0.0151. The van der Waals surface area contributed by atoms with Gasteiger partial charge in [0.1, 0.15) is 5.01 Å². The summed E-state index contributed by atoms with van der Waals surface area (Å²) in [5.41, 5.74) is 2.21. The Bertz CT molecular complexity index is 589. The molecule has 94 valence electrons. The second kappa shape index (κ2) is 4.44.